The molecule has 0 aromatic carbocycles. The molecule has 0 aliphatic rings. The summed E-state index contributed by atoms with van der Waals surface area (Å²) in [5.41, 5.74) is 5.39. The van der Waals surface area contributed by atoms with Crippen molar-refractivity contribution in [2.75, 3.05) is 26.4 Å². The molecule has 2 unspecified atom stereocenters. The Morgan fingerprint density at radius 1 is 0.380 bits per heavy atom. The van der Waals surface area contributed by atoms with E-state index in [0.29, 0.717) is 12.8 Å². The summed E-state index contributed by atoms with van der Waals surface area (Å²) in [6.45, 7) is 3.48. The van der Waals surface area contributed by atoms with E-state index in [1.165, 1.54) is 83.5 Å². The Balaban J connectivity index is 3.98. The van der Waals surface area contributed by atoms with Gasteiger partial charge in [0.05, 0.1) is 13.2 Å². The second kappa shape index (κ2) is 63.1. The summed E-state index contributed by atoms with van der Waals surface area (Å²) in [6.07, 6.45) is 90.6. The number of ether oxygens (including phenoxy) is 2. The van der Waals surface area contributed by atoms with Crippen molar-refractivity contribution in [3.05, 3.63) is 146 Å². The van der Waals surface area contributed by atoms with Crippen LogP contribution in [0.3, 0.4) is 0 Å². The molecule has 79 heavy (non-hydrogen) atoms. The zero-order valence-electron chi connectivity index (χ0n) is 50.0. The normalized spacial score (nSPS) is 14.0. The van der Waals surface area contributed by atoms with Crippen molar-refractivity contribution in [2.45, 2.75) is 251 Å². The zero-order chi connectivity index (χ0) is 57.3. The average molecular weight is 1120 g/mol. The molecule has 0 aliphatic carbocycles. The van der Waals surface area contributed by atoms with Crippen molar-refractivity contribution < 1.29 is 37.6 Å². The Morgan fingerprint density at radius 2 is 0.658 bits per heavy atom. The summed E-state index contributed by atoms with van der Waals surface area (Å²) in [7, 11) is -4.41. The fourth-order valence-corrected chi connectivity index (χ4v) is 8.94. The van der Waals surface area contributed by atoms with E-state index in [2.05, 4.69) is 160 Å². The number of phosphoric acid groups is 1. The summed E-state index contributed by atoms with van der Waals surface area (Å²) in [6, 6.07) is 0. The molecule has 0 aromatic heterocycles. The first-order valence-corrected chi connectivity index (χ1v) is 32.8. The van der Waals surface area contributed by atoms with E-state index in [0.717, 1.165) is 122 Å². The number of nitrogens with two attached hydrogens (primary N) is 1. The molecule has 0 amide bonds. The smallest absolute Gasteiger partial charge is 0.462 e. The molecule has 0 aromatic rings. The maximum absolute atomic E-state index is 12.7. The molecule has 9 nitrogen and oxygen atoms in total. The van der Waals surface area contributed by atoms with E-state index in [4.69, 9.17) is 24.3 Å². The van der Waals surface area contributed by atoms with Gasteiger partial charge in [-0.25, -0.2) is 4.57 Å². The molecule has 0 spiro atoms. The van der Waals surface area contributed by atoms with Crippen LogP contribution in [0.1, 0.15) is 245 Å². The first kappa shape index (κ1) is 74.9. The van der Waals surface area contributed by atoms with Crippen molar-refractivity contribution in [2.24, 2.45) is 5.73 Å². The van der Waals surface area contributed by atoms with Crippen LogP contribution in [0.25, 0.3) is 0 Å². The standard InChI is InChI=1S/C69H114NO8P/c1-3-5-7-9-11-13-15-17-19-21-23-25-27-28-29-30-31-32-33-34-35-36-37-38-40-42-44-46-48-50-52-54-56-58-60-62-69(72)78-67(66-77-79(73,74)76-64-63-70)65-75-68(71)61-59-57-55-53-51-49-47-45-43-41-39-26-24-22-20-18-16-14-12-10-8-6-4-2/h5-8,11-14,17-20,23-26,28-29,31-32,41,43,47,49,67H,3-4,9-10,15-16,21-22,27,30,33-40,42,44-46,48,50-66,70H2,1-2H3,(H,73,74)/b7-5-,8-6-,13-11-,14-12-,19-17-,20-18-,25-23-,26-24-,29-28-,32-31-,43-41-,49-47-. The number of esters is 2. The van der Waals surface area contributed by atoms with Gasteiger partial charge in [0.15, 0.2) is 6.10 Å². The molecule has 0 bridgehead atoms. The van der Waals surface area contributed by atoms with Gasteiger partial charge >= 0.3 is 19.8 Å². The second-order valence-corrected chi connectivity index (χ2v) is 21.6. The highest BCUT2D eigenvalue weighted by Gasteiger charge is 2.26. The molecule has 0 heterocycles. The van der Waals surface area contributed by atoms with Gasteiger partial charge < -0.3 is 20.1 Å². The lowest BCUT2D eigenvalue weighted by Gasteiger charge is -2.19. The number of phosphoric ester groups is 1. The fraction of sp³-hybridized carbons (Fsp3) is 0.623. The third-order valence-corrected chi connectivity index (χ3v) is 13.7. The van der Waals surface area contributed by atoms with E-state index in [9.17, 15) is 19.0 Å². The maximum atomic E-state index is 12.7. The molecule has 3 N–H and O–H groups in total. The Hall–Kier alpha value is -4.11. The minimum atomic E-state index is -4.41. The summed E-state index contributed by atoms with van der Waals surface area (Å²) >= 11 is 0. The van der Waals surface area contributed by atoms with Gasteiger partial charge in [-0.05, 0) is 116 Å². The van der Waals surface area contributed by atoms with Crippen molar-refractivity contribution >= 4 is 19.8 Å². The third-order valence-electron chi connectivity index (χ3n) is 12.7. The predicted octanol–water partition coefficient (Wildman–Crippen LogP) is 20.3. The summed E-state index contributed by atoms with van der Waals surface area (Å²) in [5, 5.41) is 0. The van der Waals surface area contributed by atoms with E-state index in [-0.39, 0.29) is 32.6 Å². The lowest BCUT2D eigenvalue weighted by atomic mass is 10.0. The molecular formula is C69H114NO8P. The van der Waals surface area contributed by atoms with Crippen LogP contribution in [0.2, 0.25) is 0 Å². The largest absolute Gasteiger partial charge is 0.472 e. The van der Waals surface area contributed by atoms with Gasteiger partial charge in [0.1, 0.15) is 6.61 Å². The fourth-order valence-electron chi connectivity index (χ4n) is 8.17. The topological polar surface area (TPSA) is 134 Å². The monoisotopic (exact) mass is 1120 g/mol. The van der Waals surface area contributed by atoms with Crippen LogP contribution in [0, 0.1) is 0 Å². The van der Waals surface area contributed by atoms with Crippen LogP contribution >= 0.6 is 7.82 Å². The van der Waals surface area contributed by atoms with Gasteiger partial charge in [0.25, 0.3) is 0 Å². The molecule has 0 aliphatic heterocycles. The molecule has 0 saturated carbocycles. The number of carbonyl (C=O) groups is 2. The van der Waals surface area contributed by atoms with Gasteiger partial charge in [-0.2, -0.15) is 0 Å². The number of allylic oxidation sites excluding steroid dienone is 24. The second-order valence-electron chi connectivity index (χ2n) is 20.2. The summed E-state index contributed by atoms with van der Waals surface area (Å²) in [5.74, 6) is -0.862. The lowest BCUT2D eigenvalue weighted by molar-refractivity contribution is -0.161. The lowest BCUT2D eigenvalue weighted by Crippen LogP contribution is -2.29. The summed E-state index contributed by atoms with van der Waals surface area (Å²) in [4.78, 5) is 35.3. The minimum absolute atomic E-state index is 0.0429. The number of carbonyl (C=O) groups excluding carboxylic acids is 2. The van der Waals surface area contributed by atoms with E-state index < -0.39 is 32.5 Å². The van der Waals surface area contributed by atoms with Crippen molar-refractivity contribution in [1.82, 2.24) is 0 Å². The highest BCUT2D eigenvalue weighted by molar-refractivity contribution is 7.47. The molecule has 0 fully saturated rings. The van der Waals surface area contributed by atoms with Crippen molar-refractivity contribution in [3.63, 3.8) is 0 Å². The van der Waals surface area contributed by atoms with E-state index in [1.807, 2.05) is 0 Å². The first-order valence-electron chi connectivity index (χ1n) is 31.3. The van der Waals surface area contributed by atoms with E-state index in [1.54, 1.807) is 0 Å². The van der Waals surface area contributed by atoms with Crippen LogP contribution in [0.5, 0.6) is 0 Å². The third kappa shape index (κ3) is 62.9. The SMILES string of the molecule is CC/C=C\C/C=C\C/C=C\C/C=C\C/C=C\C/C=C\CCCCCCCCCCCCCCCCCCC(=O)OC(COC(=O)CCCCCC/C=C\C/C=C\C/C=C\C/C=C\C/C=C\C/C=C\CC)COP(=O)(O)OCCN. The molecule has 0 radical (unpaired) electrons. The minimum Gasteiger partial charge on any atom is -0.462 e. The van der Waals surface area contributed by atoms with Crippen LogP contribution in [-0.2, 0) is 32.7 Å². The predicted molar refractivity (Wildman–Crippen MR) is 339 cm³/mol. The molecular weight excluding hydrogens is 1000 g/mol. The molecule has 10 heteroatoms. The van der Waals surface area contributed by atoms with Crippen LogP contribution in [0.15, 0.2) is 146 Å². The molecule has 448 valence electrons. The van der Waals surface area contributed by atoms with Crippen molar-refractivity contribution in [1.29, 1.82) is 0 Å². The average Bonchev–Trinajstić information content (AvgIpc) is 3.44. The zero-order valence-corrected chi connectivity index (χ0v) is 50.9. The Kier molecular flexibility index (Phi) is 59.8. The molecule has 0 rings (SSSR count). The van der Waals surface area contributed by atoms with Gasteiger partial charge in [0, 0.05) is 19.4 Å². The van der Waals surface area contributed by atoms with Crippen LogP contribution in [0.4, 0.5) is 0 Å². The number of rotatable bonds is 57. The highest BCUT2D eigenvalue weighted by Crippen LogP contribution is 2.43. The van der Waals surface area contributed by atoms with E-state index >= 15 is 0 Å². The quantitative estimate of drug-likeness (QED) is 0.0264. The number of hydrogen-bond acceptors (Lipinski definition) is 8. The van der Waals surface area contributed by atoms with Gasteiger partial charge in [0.2, 0.25) is 0 Å². The summed E-state index contributed by atoms with van der Waals surface area (Å²) < 4.78 is 33.1. The molecule has 0 saturated heterocycles. The Morgan fingerprint density at radius 3 is 0.975 bits per heavy atom. The van der Waals surface area contributed by atoms with Gasteiger partial charge in [-0.15, -0.1) is 0 Å². The number of unbranched alkanes of at least 4 members (excludes halogenated alkanes) is 20. The Bertz CT molecular complexity index is 1800. The maximum Gasteiger partial charge on any atom is 0.472 e. The first-order chi connectivity index (χ1) is 38.8. The highest BCUT2D eigenvalue weighted by atomic mass is 31.2. The number of hydrogen-bond donors (Lipinski definition) is 2. The van der Waals surface area contributed by atoms with Crippen molar-refractivity contribution in [3.8, 4) is 0 Å². The Labute approximate surface area is 484 Å². The van der Waals surface area contributed by atoms with Gasteiger partial charge in [-0.3, -0.25) is 18.6 Å². The van der Waals surface area contributed by atoms with Crippen LogP contribution in [-0.4, -0.2) is 49.3 Å². The molecule has 2 atom stereocenters. The van der Waals surface area contributed by atoms with Crippen LogP contribution < -0.4 is 5.73 Å². The van der Waals surface area contributed by atoms with Gasteiger partial charge in [-0.1, -0.05) is 262 Å².